The minimum atomic E-state index is -0.155. The average molecular weight is 396 g/mol. The van der Waals surface area contributed by atoms with Gasteiger partial charge in [0, 0.05) is 13.5 Å². The van der Waals surface area contributed by atoms with Gasteiger partial charge in [-0.2, -0.15) is 4.68 Å². The van der Waals surface area contributed by atoms with Gasteiger partial charge in [0.25, 0.3) is 0 Å². The summed E-state index contributed by atoms with van der Waals surface area (Å²) in [5.41, 5.74) is 1.07. The lowest BCUT2D eigenvalue weighted by molar-refractivity contribution is 0.101. The van der Waals surface area contributed by atoms with Gasteiger partial charge in [0.15, 0.2) is 28.8 Å². The summed E-state index contributed by atoms with van der Waals surface area (Å²) >= 11 is 0. The van der Waals surface area contributed by atoms with Gasteiger partial charge in [-0.25, -0.2) is 0 Å². The largest absolute Gasteiger partial charge is 0.497 e. The Balaban J connectivity index is 1.65. The average Bonchev–Trinajstić information content (AvgIpc) is 3.18. The number of carbonyl (C=O) groups is 1. The second-order valence-electron chi connectivity index (χ2n) is 6.23. The van der Waals surface area contributed by atoms with E-state index in [1.807, 2.05) is 48.5 Å². The van der Waals surface area contributed by atoms with E-state index in [9.17, 15) is 4.79 Å². The fourth-order valence-corrected chi connectivity index (χ4v) is 2.78. The molecule has 3 rings (SSSR count). The molecule has 1 heterocycles. The Bertz CT molecular complexity index is 954. The molecule has 0 atom stereocenters. The molecule has 2 aromatic carbocycles. The maximum Gasteiger partial charge on any atom is 0.183 e. The number of anilines is 1. The van der Waals surface area contributed by atoms with Crippen molar-refractivity contribution < 1.29 is 19.0 Å². The SMILES string of the molecule is COc1ccc(-n2nnc(C(C)=O)c2NCCCOc2ccccc2OC)cc1. The number of ether oxygens (including phenoxy) is 3. The third-order valence-corrected chi connectivity index (χ3v) is 4.26. The summed E-state index contributed by atoms with van der Waals surface area (Å²) in [6.45, 7) is 2.55. The second kappa shape index (κ2) is 9.59. The van der Waals surface area contributed by atoms with E-state index in [2.05, 4.69) is 15.6 Å². The van der Waals surface area contributed by atoms with E-state index in [1.165, 1.54) is 6.92 Å². The number of rotatable bonds is 10. The summed E-state index contributed by atoms with van der Waals surface area (Å²) in [7, 11) is 3.22. The number of benzene rings is 2. The highest BCUT2D eigenvalue weighted by molar-refractivity contribution is 5.96. The van der Waals surface area contributed by atoms with Crippen LogP contribution >= 0.6 is 0 Å². The Morgan fingerprint density at radius 3 is 2.41 bits per heavy atom. The van der Waals surface area contributed by atoms with Crippen LogP contribution in [0.2, 0.25) is 0 Å². The standard InChI is InChI=1S/C21H24N4O4/c1-15(26)20-21(25(24-23-20)16-9-11-17(27-2)12-10-16)22-13-6-14-29-19-8-5-4-7-18(19)28-3/h4-5,7-12,22H,6,13-14H2,1-3H3. The Morgan fingerprint density at radius 1 is 1.03 bits per heavy atom. The first kappa shape index (κ1) is 20.2. The van der Waals surface area contributed by atoms with Gasteiger partial charge in [-0.3, -0.25) is 4.79 Å². The van der Waals surface area contributed by atoms with Crippen LogP contribution in [-0.4, -0.2) is 48.1 Å². The van der Waals surface area contributed by atoms with E-state index >= 15 is 0 Å². The molecule has 0 aliphatic rings. The van der Waals surface area contributed by atoms with Crippen molar-refractivity contribution in [1.82, 2.24) is 15.0 Å². The molecule has 152 valence electrons. The highest BCUT2D eigenvalue weighted by Gasteiger charge is 2.17. The normalized spacial score (nSPS) is 10.4. The molecule has 0 saturated carbocycles. The van der Waals surface area contributed by atoms with Crippen molar-refractivity contribution >= 4 is 11.6 Å². The Labute approximate surface area is 169 Å². The van der Waals surface area contributed by atoms with Crippen molar-refractivity contribution in [2.45, 2.75) is 13.3 Å². The number of nitrogens with one attached hydrogen (secondary N) is 1. The number of hydrogen-bond donors (Lipinski definition) is 1. The number of hydrogen-bond acceptors (Lipinski definition) is 7. The molecule has 0 fully saturated rings. The second-order valence-corrected chi connectivity index (χ2v) is 6.23. The van der Waals surface area contributed by atoms with Gasteiger partial charge < -0.3 is 19.5 Å². The van der Waals surface area contributed by atoms with Gasteiger partial charge in [-0.15, -0.1) is 5.10 Å². The summed E-state index contributed by atoms with van der Waals surface area (Å²) < 4.78 is 17.9. The Hall–Kier alpha value is -3.55. The predicted octanol–water partition coefficient (Wildman–Crippen LogP) is 3.37. The van der Waals surface area contributed by atoms with Gasteiger partial charge in [-0.05, 0) is 42.8 Å². The Kier molecular flexibility index (Phi) is 6.67. The van der Waals surface area contributed by atoms with Gasteiger partial charge in [0.2, 0.25) is 0 Å². The minimum Gasteiger partial charge on any atom is -0.497 e. The van der Waals surface area contributed by atoms with Crippen molar-refractivity contribution in [1.29, 1.82) is 0 Å². The number of methoxy groups -OCH3 is 2. The number of ketones is 1. The summed E-state index contributed by atoms with van der Waals surface area (Å²) in [6, 6.07) is 14.9. The lowest BCUT2D eigenvalue weighted by atomic mass is 10.2. The number of aromatic nitrogens is 3. The van der Waals surface area contributed by atoms with E-state index < -0.39 is 0 Å². The van der Waals surface area contributed by atoms with E-state index in [0.717, 1.165) is 11.4 Å². The molecule has 0 aliphatic carbocycles. The molecule has 0 bridgehead atoms. The van der Waals surface area contributed by atoms with Crippen LogP contribution in [0.5, 0.6) is 17.2 Å². The van der Waals surface area contributed by atoms with Crippen LogP contribution in [0.3, 0.4) is 0 Å². The van der Waals surface area contributed by atoms with Crippen molar-refractivity contribution in [3.05, 3.63) is 54.2 Å². The maximum atomic E-state index is 11.9. The van der Waals surface area contributed by atoms with Crippen LogP contribution in [0, 0.1) is 0 Å². The Morgan fingerprint density at radius 2 is 1.76 bits per heavy atom. The third-order valence-electron chi connectivity index (χ3n) is 4.26. The maximum absolute atomic E-state index is 11.9. The lowest BCUT2D eigenvalue weighted by Gasteiger charge is -2.12. The van der Waals surface area contributed by atoms with Crippen LogP contribution < -0.4 is 19.5 Å². The van der Waals surface area contributed by atoms with Gasteiger partial charge in [0.05, 0.1) is 26.5 Å². The van der Waals surface area contributed by atoms with E-state index in [0.29, 0.717) is 42.6 Å². The molecule has 0 spiro atoms. The van der Waals surface area contributed by atoms with E-state index in [-0.39, 0.29) is 5.78 Å². The molecule has 8 nitrogen and oxygen atoms in total. The van der Waals surface area contributed by atoms with Crippen molar-refractivity contribution in [2.75, 3.05) is 32.7 Å². The number of carbonyl (C=O) groups excluding carboxylic acids is 1. The fourth-order valence-electron chi connectivity index (χ4n) is 2.78. The fraction of sp³-hybridized carbons (Fsp3) is 0.286. The quantitative estimate of drug-likeness (QED) is 0.415. The van der Waals surface area contributed by atoms with Gasteiger partial charge >= 0.3 is 0 Å². The molecular formula is C21H24N4O4. The first-order valence-corrected chi connectivity index (χ1v) is 9.24. The zero-order valence-corrected chi connectivity index (χ0v) is 16.7. The topological polar surface area (TPSA) is 87.5 Å². The van der Waals surface area contributed by atoms with Gasteiger partial charge in [0.1, 0.15) is 5.75 Å². The number of para-hydroxylation sites is 2. The van der Waals surface area contributed by atoms with E-state index in [4.69, 9.17) is 14.2 Å². The molecular weight excluding hydrogens is 372 g/mol. The number of Topliss-reactive ketones (excluding diaryl/α,β-unsaturated/α-hetero) is 1. The molecule has 29 heavy (non-hydrogen) atoms. The lowest BCUT2D eigenvalue weighted by Crippen LogP contribution is -2.13. The minimum absolute atomic E-state index is 0.155. The molecule has 0 unspecified atom stereocenters. The van der Waals surface area contributed by atoms with Gasteiger partial charge in [-0.1, -0.05) is 17.3 Å². The summed E-state index contributed by atoms with van der Waals surface area (Å²) in [5, 5.41) is 11.4. The first-order chi connectivity index (χ1) is 14.1. The van der Waals surface area contributed by atoms with Crippen LogP contribution in [0.4, 0.5) is 5.82 Å². The molecule has 0 saturated heterocycles. The molecule has 8 heteroatoms. The third kappa shape index (κ3) is 4.84. The predicted molar refractivity (Wildman–Crippen MR) is 110 cm³/mol. The van der Waals surface area contributed by atoms with Crippen molar-refractivity contribution in [3.63, 3.8) is 0 Å². The smallest absolute Gasteiger partial charge is 0.183 e. The van der Waals surface area contributed by atoms with Crippen molar-refractivity contribution in [2.24, 2.45) is 0 Å². The first-order valence-electron chi connectivity index (χ1n) is 9.24. The monoisotopic (exact) mass is 396 g/mol. The molecule has 0 amide bonds. The van der Waals surface area contributed by atoms with Crippen LogP contribution in [0.1, 0.15) is 23.8 Å². The van der Waals surface area contributed by atoms with Crippen LogP contribution in [0.25, 0.3) is 5.69 Å². The van der Waals surface area contributed by atoms with Crippen molar-refractivity contribution in [3.8, 4) is 22.9 Å². The molecule has 3 aromatic rings. The molecule has 1 aromatic heterocycles. The zero-order chi connectivity index (χ0) is 20.6. The van der Waals surface area contributed by atoms with E-state index in [1.54, 1.807) is 18.9 Å². The summed E-state index contributed by atoms with van der Waals surface area (Å²) in [4.78, 5) is 11.9. The van der Waals surface area contributed by atoms with Crippen LogP contribution in [0.15, 0.2) is 48.5 Å². The number of nitrogens with zero attached hydrogens (tertiary/aromatic N) is 3. The molecule has 1 N–H and O–H groups in total. The zero-order valence-electron chi connectivity index (χ0n) is 16.7. The molecule has 0 radical (unpaired) electrons. The van der Waals surface area contributed by atoms with Crippen LogP contribution in [-0.2, 0) is 0 Å². The molecule has 0 aliphatic heterocycles. The summed E-state index contributed by atoms with van der Waals surface area (Å²) in [5.74, 6) is 2.53. The summed E-state index contributed by atoms with van der Waals surface area (Å²) in [6.07, 6.45) is 0.711. The highest BCUT2D eigenvalue weighted by atomic mass is 16.5. The highest BCUT2D eigenvalue weighted by Crippen LogP contribution is 2.26.